The standard InChI is InChI=1S/C16H18FNO3/c17-12-5-1-9(2-6-12)7-13(19)18-15-11-4-3-10(8-11)14(15)16(20)21/h1-2,5-6,10-11,14-15H,3-4,7-8H2,(H,18,19)(H,20,21). The second-order valence-electron chi connectivity index (χ2n) is 6.09. The van der Waals surface area contributed by atoms with Crippen molar-refractivity contribution in [2.75, 3.05) is 0 Å². The van der Waals surface area contributed by atoms with Gasteiger partial charge in [-0.1, -0.05) is 12.1 Å². The molecule has 4 nitrogen and oxygen atoms in total. The number of fused-ring (bicyclic) bond motifs is 2. The van der Waals surface area contributed by atoms with Crippen molar-refractivity contribution in [3.05, 3.63) is 35.6 Å². The molecule has 21 heavy (non-hydrogen) atoms. The number of aliphatic carboxylic acids is 1. The van der Waals surface area contributed by atoms with E-state index >= 15 is 0 Å². The minimum Gasteiger partial charge on any atom is -0.481 e. The first-order valence-electron chi connectivity index (χ1n) is 7.31. The lowest BCUT2D eigenvalue weighted by Gasteiger charge is -2.28. The molecule has 2 aliphatic rings. The Morgan fingerprint density at radius 3 is 2.52 bits per heavy atom. The van der Waals surface area contributed by atoms with Gasteiger partial charge < -0.3 is 10.4 Å². The molecule has 0 saturated heterocycles. The maximum atomic E-state index is 12.8. The molecule has 1 amide bonds. The first kappa shape index (κ1) is 14.0. The molecule has 0 aromatic heterocycles. The number of amides is 1. The number of halogens is 1. The zero-order valence-electron chi connectivity index (χ0n) is 11.6. The van der Waals surface area contributed by atoms with Crippen molar-refractivity contribution < 1.29 is 19.1 Å². The summed E-state index contributed by atoms with van der Waals surface area (Å²) < 4.78 is 12.8. The fourth-order valence-corrected chi connectivity index (χ4v) is 3.88. The smallest absolute Gasteiger partial charge is 0.308 e. The Labute approximate surface area is 122 Å². The van der Waals surface area contributed by atoms with Crippen molar-refractivity contribution in [3.8, 4) is 0 Å². The first-order chi connectivity index (χ1) is 10.0. The lowest BCUT2D eigenvalue weighted by atomic mass is 9.84. The molecule has 4 unspecified atom stereocenters. The van der Waals surface area contributed by atoms with Crippen LogP contribution in [0.15, 0.2) is 24.3 Å². The van der Waals surface area contributed by atoms with Crippen LogP contribution in [-0.2, 0) is 16.0 Å². The summed E-state index contributed by atoms with van der Waals surface area (Å²) in [7, 11) is 0. The summed E-state index contributed by atoms with van der Waals surface area (Å²) in [6.07, 6.45) is 3.00. The summed E-state index contributed by atoms with van der Waals surface area (Å²) in [6, 6.07) is 5.53. The van der Waals surface area contributed by atoms with E-state index in [0.29, 0.717) is 0 Å². The highest BCUT2D eigenvalue weighted by atomic mass is 19.1. The molecule has 3 rings (SSSR count). The molecule has 0 spiro atoms. The van der Waals surface area contributed by atoms with Crippen molar-refractivity contribution >= 4 is 11.9 Å². The Morgan fingerprint density at radius 1 is 1.19 bits per heavy atom. The SMILES string of the molecule is O=C(Cc1ccc(F)cc1)NC1C2CCC(C2)C1C(=O)O. The molecule has 1 aromatic rings. The van der Waals surface area contributed by atoms with Crippen molar-refractivity contribution in [2.24, 2.45) is 17.8 Å². The van der Waals surface area contributed by atoms with E-state index in [1.165, 1.54) is 12.1 Å². The quantitative estimate of drug-likeness (QED) is 0.891. The number of carbonyl (C=O) groups excluding carboxylic acids is 1. The molecule has 4 atom stereocenters. The Hall–Kier alpha value is -1.91. The average Bonchev–Trinajstić information content (AvgIpc) is 3.02. The van der Waals surface area contributed by atoms with E-state index in [-0.39, 0.29) is 36.0 Å². The number of rotatable bonds is 4. The first-order valence-corrected chi connectivity index (χ1v) is 7.31. The highest BCUT2D eigenvalue weighted by Crippen LogP contribution is 2.48. The highest BCUT2D eigenvalue weighted by Gasteiger charge is 2.51. The van der Waals surface area contributed by atoms with Crippen LogP contribution >= 0.6 is 0 Å². The average molecular weight is 291 g/mol. The second-order valence-corrected chi connectivity index (χ2v) is 6.09. The van der Waals surface area contributed by atoms with Gasteiger partial charge in [-0.15, -0.1) is 0 Å². The molecule has 112 valence electrons. The minimum absolute atomic E-state index is 0.153. The molecule has 2 N–H and O–H groups in total. The number of carboxylic acid groups (broad SMARTS) is 1. The van der Waals surface area contributed by atoms with Gasteiger partial charge in [-0.3, -0.25) is 9.59 Å². The van der Waals surface area contributed by atoms with Crippen molar-refractivity contribution in [1.82, 2.24) is 5.32 Å². The second kappa shape index (κ2) is 5.47. The summed E-state index contributed by atoms with van der Waals surface area (Å²) in [6.45, 7) is 0. The number of hydrogen-bond acceptors (Lipinski definition) is 2. The van der Waals surface area contributed by atoms with Crippen molar-refractivity contribution in [1.29, 1.82) is 0 Å². The van der Waals surface area contributed by atoms with Crippen molar-refractivity contribution in [2.45, 2.75) is 31.7 Å². The van der Waals surface area contributed by atoms with Gasteiger partial charge in [0.25, 0.3) is 0 Å². The Morgan fingerprint density at radius 2 is 1.86 bits per heavy atom. The highest BCUT2D eigenvalue weighted by molar-refractivity contribution is 5.80. The Kier molecular flexibility index (Phi) is 3.66. The van der Waals surface area contributed by atoms with Crippen LogP contribution in [0.4, 0.5) is 4.39 Å². The fourth-order valence-electron chi connectivity index (χ4n) is 3.88. The third-order valence-electron chi connectivity index (χ3n) is 4.81. The van der Waals surface area contributed by atoms with Gasteiger partial charge in [-0.2, -0.15) is 0 Å². The third kappa shape index (κ3) is 2.77. The normalized spacial score (nSPS) is 30.3. The summed E-state index contributed by atoms with van der Waals surface area (Å²) in [5, 5.41) is 12.2. The summed E-state index contributed by atoms with van der Waals surface area (Å²) >= 11 is 0. The summed E-state index contributed by atoms with van der Waals surface area (Å²) in [4.78, 5) is 23.5. The topological polar surface area (TPSA) is 66.4 Å². The molecular weight excluding hydrogens is 273 g/mol. The van der Waals surface area contributed by atoms with E-state index in [1.807, 2.05) is 0 Å². The zero-order chi connectivity index (χ0) is 15.0. The number of carboxylic acids is 1. The Bertz CT molecular complexity index is 557. The van der Waals surface area contributed by atoms with E-state index in [0.717, 1.165) is 24.8 Å². The van der Waals surface area contributed by atoms with Crippen LogP contribution in [0.5, 0.6) is 0 Å². The molecule has 0 heterocycles. The van der Waals surface area contributed by atoms with Crippen molar-refractivity contribution in [3.63, 3.8) is 0 Å². The molecule has 2 bridgehead atoms. The molecule has 0 radical (unpaired) electrons. The van der Waals surface area contributed by atoms with Gasteiger partial charge >= 0.3 is 5.97 Å². The van der Waals surface area contributed by atoms with E-state index in [2.05, 4.69) is 5.32 Å². The van der Waals surface area contributed by atoms with Crippen LogP contribution in [0.3, 0.4) is 0 Å². The molecule has 2 saturated carbocycles. The maximum Gasteiger partial charge on any atom is 0.308 e. The number of nitrogens with one attached hydrogen (secondary N) is 1. The van der Waals surface area contributed by atoms with E-state index in [4.69, 9.17) is 0 Å². The molecular formula is C16H18FNO3. The van der Waals surface area contributed by atoms with Gasteiger partial charge in [0.2, 0.25) is 5.91 Å². The van der Waals surface area contributed by atoms with Gasteiger partial charge in [0.05, 0.1) is 12.3 Å². The van der Waals surface area contributed by atoms with Crippen LogP contribution in [-0.4, -0.2) is 23.0 Å². The van der Waals surface area contributed by atoms with Crippen LogP contribution in [0, 0.1) is 23.6 Å². The minimum atomic E-state index is -0.811. The predicted octanol–water partition coefficient (Wildman–Crippen LogP) is 1.98. The molecule has 2 aliphatic carbocycles. The van der Waals surface area contributed by atoms with Gasteiger partial charge in [0.15, 0.2) is 0 Å². The predicted molar refractivity (Wildman–Crippen MR) is 74.0 cm³/mol. The van der Waals surface area contributed by atoms with Gasteiger partial charge in [-0.05, 0) is 48.8 Å². The van der Waals surface area contributed by atoms with E-state index in [1.54, 1.807) is 12.1 Å². The number of benzene rings is 1. The van der Waals surface area contributed by atoms with Crippen LogP contribution in [0.2, 0.25) is 0 Å². The fraction of sp³-hybridized carbons (Fsp3) is 0.500. The lowest BCUT2D eigenvalue weighted by molar-refractivity contribution is -0.144. The summed E-state index contributed by atoms with van der Waals surface area (Å²) in [5.41, 5.74) is 0.726. The summed E-state index contributed by atoms with van der Waals surface area (Å²) in [5.74, 6) is -1.31. The van der Waals surface area contributed by atoms with Gasteiger partial charge in [0.1, 0.15) is 5.82 Å². The Balaban J connectivity index is 1.64. The van der Waals surface area contributed by atoms with Crippen LogP contribution in [0.1, 0.15) is 24.8 Å². The third-order valence-corrected chi connectivity index (χ3v) is 4.81. The van der Waals surface area contributed by atoms with E-state index < -0.39 is 11.9 Å². The maximum absolute atomic E-state index is 12.8. The van der Waals surface area contributed by atoms with Crippen LogP contribution in [0.25, 0.3) is 0 Å². The monoisotopic (exact) mass is 291 g/mol. The number of carbonyl (C=O) groups is 2. The number of hydrogen-bond donors (Lipinski definition) is 2. The molecule has 1 aromatic carbocycles. The van der Waals surface area contributed by atoms with E-state index in [9.17, 15) is 19.1 Å². The largest absolute Gasteiger partial charge is 0.481 e. The molecule has 0 aliphatic heterocycles. The molecule has 5 heteroatoms. The lowest BCUT2D eigenvalue weighted by Crippen LogP contribution is -2.47. The zero-order valence-corrected chi connectivity index (χ0v) is 11.6. The van der Waals surface area contributed by atoms with Gasteiger partial charge in [0, 0.05) is 6.04 Å². The van der Waals surface area contributed by atoms with Gasteiger partial charge in [-0.25, -0.2) is 4.39 Å². The molecule has 2 fully saturated rings. The van der Waals surface area contributed by atoms with Crippen LogP contribution < -0.4 is 5.32 Å².